The van der Waals surface area contributed by atoms with Crippen molar-refractivity contribution in [2.75, 3.05) is 6.61 Å². The minimum Gasteiger partial charge on any atom is -0.465 e. The minimum atomic E-state index is -0.544. The standard InChI is InChI=1S/C18H19NO6/c1-3-23-18(22)15-8-9-24-16(15)11-25-17(21)14-6-4-13(5-7-14)10-19-12(2)20/h4-9H,3,10-11H2,1-2H3,(H,19,20). The molecule has 1 aromatic heterocycles. The normalized spacial score (nSPS) is 10.2. The van der Waals surface area contributed by atoms with Crippen molar-refractivity contribution in [3.05, 3.63) is 59.0 Å². The maximum absolute atomic E-state index is 12.1. The van der Waals surface area contributed by atoms with Crippen LogP contribution in [0.4, 0.5) is 0 Å². The lowest BCUT2D eigenvalue weighted by Crippen LogP contribution is -2.18. The third kappa shape index (κ3) is 5.20. The van der Waals surface area contributed by atoms with Gasteiger partial charge in [0.1, 0.15) is 5.56 Å². The third-order valence-electron chi connectivity index (χ3n) is 3.31. The molecule has 0 aliphatic carbocycles. The summed E-state index contributed by atoms with van der Waals surface area (Å²) in [4.78, 5) is 34.7. The Labute approximate surface area is 144 Å². The molecule has 1 amide bonds. The number of carbonyl (C=O) groups is 3. The highest BCUT2D eigenvalue weighted by Gasteiger charge is 2.17. The molecule has 0 radical (unpaired) electrons. The number of amides is 1. The maximum Gasteiger partial charge on any atom is 0.341 e. The molecule has 1 aromatic carbocycles. The van der Waals surface area contributed by atoms with Gasteiger partial charge in [0, 0.05) is 13.5 Å². The molecule has 2 rings (SSSR count). The van der Waals surface area contributed by atoms with Gasteiger partial charge in [0.25, 0.3) is 0 Å². The van der Waals surface area contributed by atoms with Gasteiger partial charge >= 0.3 is 11.9 Å². The smallest absolute Gasteiger partial charge is 0.341 e. The number of carbonyl (C=O) groups excluding carboxylic acids is 3. The molecule has 7 heteroatoms. The zero-order valence-electron chi connectivity index (χ0n) is 14.0. The SMILES string of the molecule is CCOC(=O)c1ccoc1COC(=O)c1ccc(CNC(C)=O)cc1. The third-order valence-corrected chi connectivity index (χ3v) is 3.31. The molecule has 0 bridgehead atoms. The number of benzene rings is 1. The van der Waals surface area contributed by atoms with E-state index in [9.17, 15) is 14.4 Å². The van der Waals surface area contributed by atoms with Gasteiger partial charge in [-0.1, -0.05) is 12.1 Å². The first-order valence-corrected chi connectivity index (χ1v) is 7.75. The Balaban J connectivity index is 1.93. The largest absolute Gasteiger partial charge is 0.465 e. The van der Waals surface area contributed by atoms with E-state index in [1.165, 1.54) is 19.3 Å². The molecule has 1 heterocycles. The highest BCUT2D eigenvalue weighted by molar-refractivity contribution is 5.91. The van der Waals surface area contributed by atoms with Gasteiger partial charge in [-0.25, -0.2) is 9.59 Å². The molecule has 0 spiro atoms. The second-order valence-electron chi connectivity index (χ2n) is 5.16. The van der Waals surface area contributed by atoms with Crippen molar-refractivity contribution in [3.8, 4) is 0 Å². The molecule has 0 saturated heterocycles. The summed E-state index contributed by atoms with van der Waals surface area (Å²) < 4.78 is 15.2. The molecule has 0 aliphatic heterocycles. The second kappa shape index (κ2) is 8.68. The van der Waals surface area contributed by atoms with Crippen LogP contribution in [0.15, 0.2) is 41.0 Å². The summed E-state index contributed by atoms with van der Waals surface area (Å²) in [6.45, 7) is 3.60. The van der Waals surface area contributed by atoms with Gasteiger partial charge in [0.15, 0.2) is 12.4 Å². The van der Waals surface area contributed by atoms with E-state index in [-0.39, 0.29) is 30.4 Å². The number of nitrogens with one attached hydrogen (secondary N) is 1. The highest BCUT2D eigenvalue weighted by atomic mass is 16.5. The van der Waals surface area contributed by atoms with Crippen LogP contribution >= 0.6 is 0 Å². The Morgan fingerprint density at radius 3 is 2.40 bits per heavy atom. The molecule has 132 valence electrons. The topological polar surface area (TPSA) is 94.8 Å². The summed E-state index contributed by atoms with van der Waals surface area (Å²) in [6, 6.07) is 8.13. The van der Waals surface area contributed by atoms with Gasteiger partial charge in [-0.15, -0.1) is 0 Å². The molecular formula is C18H19NO6. The molecule has 0 atom stereocenters. The number of rotatable bonds is 7. The van der Waals surface area contributed by atoms with Gasteiger partial charge in [-0.05, 0) is 30.7 Å². The molecule has 0 aliphatic rings. The van der Waals surface area contributed by atoms with Crippen LogP contribution < -0.4 is 5.32 Å². The fourth-order valence-electron chi connectivity index (χ4n) is 2.04. The van der Waals surface area contributed by atoms with Crippen LogP contribution in [0.1, 0.15) is 45.9 Å². The van der Waals surface area contributed by atoms with E-state index in [2.05, 4.69) is 5.32 Å². The Kier molecular flexibility index (Phi) is 6.33. The molecule has 7 nitrogen and oxygen atoms in total. The Bertz CT molecular complexity index is 747. The highest BCUT2D eigenvalue weighted by Crippen LogP contribution is 2.15. The van der Waals surface area contributed by atoms with Crippen molar-refractivity contribution in [3.63, 3.8) is 0 Å². The van der Waals surface area contributed by atoms with Gasteiger partial charge < -0.3 is 19.2 Å². The van der Waals surface area contributed by atoms with Crippen LogP contribution in [0, 0.1) is 0 Å². The number of hydrogen-bond donors (Lipinski definition) is 1. The Morgan fingerprint density at radius 2 is 1.76 bits per heavy atom. The molecule has 2 aromatic rings. The van der Waals surface area contributed by atoms with Gasteiger partial charge in [-0.3, -0.25) is 4.79 Å². The van der Waals surface area contributed by atoms with Gasteiger partial charge in [0.2, 0.25) is 5.91 Å². The summed E-state index contributed by atoms with van der Waals surface area (Å²) in [6.07, 6.45) is 1.34. The van der Waals surface area contributed by atoms with Crippen molar-refractivity contribution in [2.45, 2.75) is 27.0 Å². The Hall–Kier alpha value is -3.09. The van der Waals surface area contributed by atoms with E-state index < -0.39 is 11.9 Å². The number of esters is 2. The van der Waals surface area contributed by atoms with Crippen molar-refractivity contribution >= 4 is 17.8 Å². The first kappa shape index (κ1) is 18.3. The van der Waals surface area contributed by atoms with Crippen LogP contribution in [0.3, 0.4) is 0 Å². The minimum absolute atomic E-state index is 0.126. The van der Waals surface area contributed by atoms with E-state index in [0.717, 1.165) is 5.56 Å². The van der Waals surface area contributed by atoms with Crippen LogP contribution in [0.5, 0.6) is 0 Å². The van der Waals surface area contributed by atoms with E-state index in [1.807, 2.05) is 0 Å². The summed E-state index contributed by atoms with van der Waals surface area (Å²) in [5.41, 5.74) is 1.46. The summed E-state index contributed by atoms with van der Waals surface area (Å²) >= 11 is 0. The fourth-order valence-corrected chi connectivity index (χ4v) is 2.04. The van der Waals surface area contributed by atoms with Crippen molar-refractivity contribution < 1.29 is 28.3 Å². The second-order valence-corrected chi connectivity index (χ2v) is 5.16. The molecule has 0 fully saturated rings. The van der Waals surface area contributed by atoms with Gasteiger partial charge in [0.05, 0.1) is 18.4 Å². The van der Waals surface area contributed by atoms with Crippen molar-refractivity contribution in [2.24, 2.45) is 0 Å². The predicted molar refractivity (Wildman–Crippen MR) is 87.7 cm³/mol. The lowest BCUT2D eigenvalue weighted by atomic mass is 10.1. The number of ether oxygens (including phenoxy) is 2. The average molecular weight is 345 g/mol. The first-order valence-electron chi connectivity index (χ1n) is 7.75. The van der Waals surface area contributed by atoms with E-state index >= 15 is 0 Å². The lowest BCUT2D eigenvalue weighted by Gasteiger charge is -2.06. The maximum atomic E-state index is 12.1. The quantitative estimate of drug-likeness (QED) is 0.775. The summed E-state index contributed by atoms with van der Waals surface area (Å²) in [5.74, 6) is -0.963. The van der Waals surface area contributed by atoms with Crippen molar-refractivity contribution in [1.29, 1.82) is 0 Å². The van der Waals surface area contributed by atoms with Crippen LogP contribution in [-0.4, -0.2) is 24.5 Å². The van der Waals surface area contributed by atoms with Crippen LogP contribution in [-0.2, 0) is 27.4 Å². The van der Waals surface area contributed by atoms with Crippen molar-refractivity contribution in [1.82, 2.24) is 5.32 Å². The number of hydrogen-bond acceptors (Lipinski definition) is 6. The van der Waals surface area contributed by atoms with E-state index in [0.29, 0.717) is 12.1 Å². The summed E-state index contributed by atoms with van der Waals surface area (Å²) in [5, 5.41) is 2.67. The zero-order chi connectivity index (χ0) is 18.2. The lowest BCUT2D eigenvalue weighted by molar-refractivity contribution is -0.119. The van der Waals surface area contributed by atoms with E-state index in [1.54, 1.807) is 31.2 Å². The molecule has 0 unspecified atom stereocenters. The Morgan fingerprint density at radius 1 is 1.04 bits per heavy atom. The van der Waals surface area contributed by atoms with Crippen LogP contribution in [0.2, 0.25) is 0 Å². The average Bonchev–Trinajstić information content (AvgIpc) is 3.07. The predicted octanol–water partition coefficient (Wildman–Crippen LogP) is 2.45. The monoisotopic (exact) mass is 345 g/mol. The van der Waals surface area contributed by atoms with Gasteiger partial charge in [-0.2, -0.15) is 0 Å². The van der Waals surface area contributed by atoms with Crippen LogP contribution in [0.25, 0.3) is 0 Å². The summed E-state index contributed by atoms with van der Waals surface area (Å²) in [7, 11) is 0. The van der Waals surface area contributed by atoms with E-state index in [4.69, 9.17) is 13.9 Å². The molecule has 25 heavy (non-hydrogen) atoms. The zero-order valence-corrected chi connectivity index (χ0v) is 14.0. The molecule has 1 N–H and O–H groups in total. The first-order chi connectivity index (χ1) is 12.0. The molecular weight excluding hydrogens is 326 g/mol. The molecule has 0 saturated carbocycles. The number of furan rings is 1. The fraction of sp³-hybridized carbons (Fsp3) is 0.278.